The topological polar surface area (TPSA) is 26.3 Å². The molecule has 3 rings (SSSR count). The summed E-state index contributed by atoms with van der Waals surface area (Å²) in [6.45, 7) is 0.240. The van der Waals surface area contributed by atoms with Gasteiger partial charge in [-0.15, -0.1) is 0 Å². The smallest absolute Gasteiger partial charge is 0.166 e. The summed E-state index contributed by atoms with van der Waals surface area (Å²) in [4.78, 5) is 10.5. The average molecular weight is 278 g/mol. The lowest BCUT2D eigenvalue weighted by atomic mass is 10.1. The second kappa shape index (κ2) is 5.19. The monoisotopic (exact) mass is 278 g/mol. The fourth-order valence-electron chi connectivity index (χ4n) is 2.44. The largest absolute Gasteiger partial charge is 0.486 e. The van der Waals surface area contributed by atoms with Gasteiger partial charge in [-0.2, -0.15) is 0 Å². The number of allylic oxidation sites excluding steroid dienone is 3. The Labute approximate surface area is 117 Å². The first-order valence-electron chi connectivity index (χ1n) is 6.60. The number of hydrogen-bond donors (Lipinski definition) is 0. The first-order chi connectivity index (χ1) is 9.67. The number of carbonyl (C=O) groups excluding carboxylic acids is 1. The van der Waals surface area contributed by atoms with Gasteiger partial charge in [-0.1, -0.05) is 18.2 Å². The van der Waals surface area contributed by atoms with Gasteiger partial charge in [0.1, 0.15) is 12.4 Å². The third-order valence-electron chi connectivity index (χ3n) is 3.70. The number of aldehydes is 1. The zero-order valence-corrected chi connectivity index (χ0v) is 10.8. The molecule has 2 nitrogen and oxygen atoms in total. The van der Waals surface area contributed by atoms with Crippen LogP contribution in [0, 0.1) is 23.5 Å². The van der Waals surface area contributed by atoms with Gasteiger partial charge >= 0.3 is 0 Å². The zero-order valence-electron chi connectivity index (χ0n) is 10.8. The predicted octanol–water partition coefficient (Wildman–Crippen LogP) is 3.92. The van der Waals surface area contributed by atoms with E-state index in [1.54, 1.807) is 0 Å². The summed E-state index contributed by atoms with van der Waals surface area (Å²) >= 11 is 0. The molecule has 1 fully saturated rings. The molecule has 2 atom stereocenters. The lowest BCUT2D eigenvalue weighted by Crippen LogP contribution is -2.04. The van der Waals surface area contributed by atoms with Gasteiger partial charge in [-0.25, -0.2) is 8.78 Å². The molecule has 2 aliphatic carbocycles. The summed E-state index contributed by atoms with van der Waals surface area (Å²) in [6, 6.07) is 1.78. The number of fused-ring (bicyclic) bond motifs is 1. The Morgan fingerprint density at radius 1 is 1.30 bits per heavy atom. The Kier molecular flexibility index (Phi) is 3.38. The first kappa shape index (κ1) is 13.0. The molecule has 2 unspecified atom stereocenters. The van der Waals surface area contributed by atoms with Gasteiger partial charge < -0.3 is 4.74 Å². The van der Waals surface area contributed by atoms with E-state index in [4.69, 9.17) is 4.74 Å². The Morgan fingerprint density at radius 3 is 2.95 bits per heavy atom. The fourth-order valence-corrected chi connectivity index (χ4v) is 2.44. The van der Waals surface area contributed by atoms with E-state index in [0.29, 0.717) is 11.8 Å². The van der Waals surface area contributed by atoms with Crippen LogP contribution in [0.4, 0.5) is 8.78 Å². The van der Waals surface area contributed by atoms with Gasteiger partial charge in [-0.3, -0.25) is 4.79 Å². The van der Waals surface area contributed by atoms with Crippen LogP contribution in [0.3, 0.4) is 0 Å². The van der Waals surface area contributed by atoms with E-state index in [1.165, 1.54) is 0 Å². The van der Waals surface area contributed by atoms with Crippen molar-refractivity contribution in [2.24, 2.45) is 11.8 Å². The maximum absolute atomic E-state index is 13.7. The SMILES string of the molecule is O=Cc1cc(F)c(OCC2=CC3CC3C=CC2)cc1F.[HH]. The van der Waals surface area contributed by atoms with Crippen molar-refractivity contribution in [3.63, 3.8) is 0 Å². The van der Waals surface area contributed by atoms with Gasteiger partial charge in [0.25, 0.3) is 0 Å². The van der Waals surface area contributed by atoms with Gasteiger partial charge in [0, 0.05) is 7.49 Å². The second-order valence-corrected chi connectivity index (χ2v) is 5.23. The van der Waals surface area contributed by atoms with E-state index >= 15 is 0 Å². The minimum absolute atomic E-state index is 0. The Hall–Kier alpha value is -1.97. The molecule has 4 heteroatoms. The maximum Gasteiger partial charge on any atom is 0.166 e. The van der Waals surface area contributed by atoms with E-state index in [-0.39, 0.29) is 25.6 Å². The van der Waals surface area contributed by atoms with Crippen molar-refractivity contribution in [3.05, 3.63) is 53.1 Å². The van der Waals surface area contributed by atoms with Crippen LogP contribution in [-0.2, 0) is 0 Å². The Morgan fingerprint density at radius 2 is 2.15 bits per heavy atom. The highest BCUT2D eigenvalue weighted by molar-refractivity contribution is 5.75. The molecule has 0 radical (unpaired) electrons. The number of rotatable bonds is 4. The number of ether oxygens (including phenoxy) is 1. The van der Waals surface area contributed by atoms with E-state index < -0.39 is 11.6 Å². The molecule has 0 saturated heterocycles. The molecule has 0 amide bonds. The third-order valence-corrected chi connectivity index (χ3v) is 3.70. The van der Waals surface area contributed by atoms with E-state index in [2.05, 4.69) is 18.2 Å². The molecule has 1 saturated carbocycles. The minimum atomic E-state index is -0.770. The van der Waals surface area contributed by atoms with Gasteiger partial charge in [0.15, 0.2) is 17.9 Å². The quantitative estimate of drug-likeness (QED) is 0.616. The predicted molar refractivity (Wildman–Crippen MR) is 72.8 cm³/mol. The standard InChI is InChI=1S/C16H14F2O2.H2/c17-14-7-16(15(18)6-13(14)8-19)20-9-10-2-1-3-11-5-12(11)4-10;/h1,3-4,6-8,11-12H,2,5,9H2;1H. The average Bonchev–Trinajstić information content (AvgIpc) is 3.17. The van der Waals surface area contributed by atoms with E-state index in [1.807, 2.05) is 0 Å². The first-order valence-corrected chi connectivity index (χ1v) is 6.60. The second-order valence-electron chi connectivity index (χ2n) is 5.23. The van der Waals surface area contributed by atoms with Crippen molar-refractivity contribution in [1.82, 2.24) is 0 Å². The summed E-state index contributed by atoms with van der Waals surface area (Å²) in [5, 5.41) is 0. The van der Waals surface area contributed by atoms with Crippen LogP contribution in [0.5, 0.6) is 5.75 Å². The number of hydrogen-bond acceptors (Lipinski definition) is 2. The van der Waals surface area contributed by atoms with Gasteiger partial charge in [0.05, 0.1) is 5.56 Å². The molecular formula is C16H16F2O2. The van der Waals surface area contributed by atoms with Crippen molar-refractivity contribution < 1.29 is 19.7 Å². The molecule has 106 valence electrons. The highest BCUT2D eigenvalue weighted by Gasteiger charge is 2.33. The van der Waals surface area contributed by atoms with Gasteiger partial charge in [-0.05, 0) is 36.3 Å². The van der Waals surface area contributed by atoms with Crippen molar-refractivity contribution in [2.75, 3.05) is 6.61 Å². The van der Waals surface area contributed by atoms with Crippen LogP contribution in [0.15, 0.2) is 35.9 Å². The third kappa shape index (κ3) is 2.64. The molecule has 0 heterocycles. The number of halogens is 2. The number of carbonyl (C=O) groups is 1. The molecule has 1 aromatic rings. The van der Waals surface area contributed by atoms with Crippen LogP contribution < -0.4 is 4.74 Å². The summed E-state index contributed by atoms with van der Waals surface area (Å²) < 4.78 is 32.4. The van der Waals surface area contributed by atoms with Gasteiger partial charge in [0.2, 0.25) is 0 Å². The van der Waals surface area contributed by atoms with Crippen LogP contribution in [0.25, 0.3) is 0 Å². The van der Waals surface area contributed by atoms with Crippen molar-refractivity contribution in [2.45, 2.75) is 12.8 Å². The summed E-state index contributed by atoms with van der Waals surface area (Å²) in [6.07, 6.45) is 8.69. The normalized spacial score (nSPS) is 23.6. The van der Waals surface area contributed by atoms with Crippen LogP contribution in [-0.4, -0.2) is 12.9 Å². The molecule has 0 aromatic heterocycles. The molecule has 0 spiro atoms. The van der Waals surface area contributed by atoms with Crippen LogP contribution >= 0.6 is 0 Å². The van der Waals surface area contributed by atoms with E-state index in [0.717, 1.165) is 30.5 Å². The lowest BCUT2D eigenvalue weighted by Gasteiger charge is -2.10. The Bertz CT molecular complexity index is 611. The summed E-state index contributed by atoms with van der Waals surface area (Å²) in [5.41, 5.74) is 0.776. The lowest BCUT2D eigenvalue weighted by molar-refractivity contribution is 0.111. The summed E-state index contributed by atoms with van der Waals surface area (Å²) in [7, 11) is 0. The maximum atomic E-state index is 13.7. The molecule has 0 aliphatic heterocycles. The molecule has 2 aliphatic rings. The fraction of sp³-hybridized carbons (Fsp3) is 0.312. The highest BCUT2D eigenvalue weighted by Crippen LogP contribution is 2.43. The molecule has 0 bridgehead atoms. The molecular weight excluding hydrogens is 262 g/mol. The highest BCUT2D eigenvalue weighted by atomic mass is 19.1. The molecule has 1 aromatic carbocycles. The minimum Gasteiger partial charge on any atom is -0.486 e. The molecule has 20 heavy (non-hydrogen) atoms. The van der Waals surface area contributed by atoms with Crippen molar-refractivity contribution in [3.8, 4) is 5.75 Å². The van der Waals surface area contributed by atoms with E-state index in [9.17, 15) is 13.6 Å². The number of benzene rings is 1. The van der Waals surface area contributed by atoms with Crippen LogP contribution in [0.1, 0.15) is 24.6 Å². The van der Waals surface area contributed by atoms with Crippen molar-refractivity contribution in [1.29, 1.82) is 0 Å². The Balaban J connectivity index is 0.00000161. The van der Waals surface area contributed by atoms with Crippen LogP contribution in [0.2, 0.25) is 0 Å². The van der Waals surface area contributed by atoms with Crippen molar-refractivity contribution >= 4 is 6.29 Å². The zero-order chi connectivity index (χ0) is 14.1. The summed E-state index contributed by atoms with van der Waals surface area (Å²) in [5.74, 6) is -0.425. The molecule has 0 N–H and O–H groups in total.